The minimum atomic E-state index is 0.186. The summed E-state index contributed by atoms with van der Waals surface area (Å²) in [5.74, 6) is 0. The van der Waals surface area contributed by atoms with Crippen LogP contribution in [0.5, 0.6) is 0 Å². The van der Waals surface area contributed by atoms with E-state index < -0.39 is 0 Å². The molecule has 0 aromatic carbocycles. The van der Waals surface area contributed by atoms with Crippen LogP contribution in [0.25, 0.3) is 0 Å². The number of aromatic nitrogens is 2. The van der Waals surface area contributed by atoms with Gasteiger partial charge in [-0.2, -0.15) is 21.5 Å². The Kier molecular flexibility index (Phi) is 4.65. The van der Waals surface area contributed by atoms with E-state index in [1.54, 1.807) is 17.5 Å². The molecule has 0 bridgehead atoms. The van der Waals surface area contributed by atoms with Crippen molar-refractivity contribution >= 4 is 27.3 Å². The molecule has 0 radical (unpaired) electrons. The Morgan fingerprint density at radius 2 is 2.29 bits per heavy atom. The third-order valence-corrected chi connectivity index (χ3v) is 4.24. The summed E-state index contributed by atoms with van der Waals surface area (Å²) in [5.41, 5.74) is 2.41. The molecular formula is C12H14BrN3S. The van der Waals surface area contributed by atoms with Gasteiger partial charge in [-0.15, -0.1) is 0 Å². The third-order valence-electron chi connectivity index (χ3n) is 2.49. The highest BCUT2D eigenvalue weighted by molar-refractivity contribution is 9.10. The summed E-state index contributed by atoms with van der Waals surface area (Å²) >= 11 is 5.29. The molecule has 2 heterocycles. The molecule has 0 amide bonds. The van der Waals surface area contributed by atoms with E-state index in [1.807, 2.05) is 12.3 Å². The summed E-state index contributed by atoms with van der Waals surface area (Å²) in [5, 5.41) is 15.6. The first kappa shape index (κ1) is 12.7. The molecule has 2 aromatic heterocycles. The number of hydrogen-bond donors (Lipinski definition) is 1. The summed E-state index contributed by atoms with van der Waals surface area (Å²) < 4.78 is 1.15. The van der Waals surface area contributed by atoms with E-state index in [-0.39, 0.29) is 6.04 Å². The Morgan fingerprint density at radius 3 is 2.88 bits per heavy atom. The fourth-order valence-corrected chi connectivity index (χ4v) is 3.22. The van der Waals surface area contributed by atoms with Crippen molar-refractivity contribution < 1.29 is 0 Å². The second-order valence-electron chi connectivity index (χ2n) is 3.74. The standard InChI is InChI=1S/C12H14BrN3S/c1-2-4-14-12(9-3-5-15-16-6-9)10-7-17-8-11(10)13/h3,5-8,12,14H,2,4H2,1H3. The van der Waals surface area contributed by atoms with Gasteiger partial charge in [-0.3, -0.25) is 0 Å². The van der Waals surface area contributed by atoms with Crippen molar-refractivity contribution in [3.63, 3.8) is 0 Å². The van der Waals surface area contributed by atoms with E-state index in [0.717, 1.165) is 23.0 Å². The Balaban J connectivity index is 2.29. The lowest BCUT2D eigenvalue weighted by Crippen LogP contribution is -2.23. The zero-order valence-corrected chi connectivity index (χ0v) is 12.0. The van der Waals surface area contributed by atoms with Gasteiger partial charge >= 0.3 is 0 Å². The van der Waals surface area contributed by atoms with Gasteiger partial charge in [0.1, 0.15) is 0 Å². The number of nitrogens with one attached hydrogen (secondary N) is 1. The molecule has 1 atom stereocenters. The van der Waals surface area contributed by atoms with E-state index in [1.165, 1.54) is 5.56 Å². The van der Waals surface area contributed by atoms with E-state index in [4.69, 9.17) is 0 Å². The monoisotopic (exact) mass is 311 g/mol. The molecule has 5 heteroatoms. The maximum atomic E-state index is 3.95. The van der Waals surface area contributed by atoms with Crippen molar-refractivity contribution in [1.82, 2.24) is 15.5 Å². The average Bonchev–Trinajstić information content (AvgIpc) is 2.78. The van der Waals surface area contributed by atoms with Gasteiger partial charge in [0.25, 0.3) is 0 Å². The average molecular weight is 312 g/mol. The smallest absolute Gasteiger partial charge is 0.0612 e. The van der Waals surface area contributed by atoms with Crippen LogP contribution in [0.3, 0.4) is 0 Å². The summed E-state index contributed by atoms with van der Waals surface area (Å²) in [4.78, 5) is 0. The number of thiophene rings is 1. The van der Waals surface area contributed by atoms with Crippen LogP contribution in [0.1, 0.15) is 30.5 Å². The second kappa shape index (κ2) is 6.23. The van der Waals surface area contributed by atoms with Gasteiger partial charge in [-0.25, -0.2) is 0 Å². The SMILES string of the molecule is CCCNC(c1ccnnc1)c1cscc1Br. The van der Waals surface area contributed by atoms with Crippen molar-refractivity contribution in [3.05, 3.63) is 44.8 Å². The molecule has 2 rings (SSSR count). The van der Waals surface area contributed by atoms with Crippen LogP contribution in [0.15, 0.2) is 33.7 Å². The van der Waals surface area contributed by atoms with Crippen LogP contribution in [0.4, 0.5) is 0 Å². The molecule has 0 saturated carbocycles. The molecule has 1 N–H and O–H groups in total. The summed E-state index contributed by atoms with van der Waals surface area (Å²) in [7, 11) is 0. The Hall–Kier alpha value is -0.780. The largest absolute Gasteiger partial charge is 0.306 e. The van der Waals surface area contributed by atoms with Gasteiger partial charge in [0.2, 0.25) is 0 Å². The van der Waals surface area contributed by atoms with E-state index in [0.29, 0.717) is 0 Å². The maximum Gasteiger partial charge on any atom is 0.0612 e. The molecule has 0 fully saturated rings. The van der Waals surface area contributed by atoms with Crippen LogP contribution in [-0.2, 0) is 0 Å². The lowest BCUT2D eigenvalue weighted by atomic mass is 10.0. The first-order chi connectivity index (χ1) is 8.33. The van der Waals surface area contributed by atoms with Gasteiger partial charge in [-0.1, -0.05) is 6.92 Å². The quantitative estimate of drug-likeness (QED) is 0.919. The minimum absolute atomic E-state index is 0.186. The van der Waals surface area contributed by atoms with Crippen LogP contribution in [0.2, 0.25) is 0 Å². The van der Waals surface area contributed by atoms with E-state index in [9.17, 15) is 0 Å². The highest BCUT2D eigenvalue weighted by atomic mass is 79.9. The fourth-order valence-electron chi connectivity index (χ4n) is 1.67. The molecular weight excluding hydrogens is 298 g/mol. The highest BCUT2D eigenvalue weighted by Gasteiger charge is 2.16. The molecule has 17 heavy (non-hydrogen) atoms. The second-order valence-corrected chi connectivity index (χ2v) is 5.34. The molecule has 0 saturated heterocycles. The first-order valence-electron chi connectivity index (χ1n) is 5.54. The Bertz CT molecular complexity index is 458. The van der Waals surface area contributed by atoms with Gasteiger partial charge in [0.15, 0.2) is 0 Å². The van der Waals surface area contributed by atoms with Gasteiger partial charge in [-0.05, 0) is 51.5 Å². The van der Waals surface area contributed by atoms with E-state index >= 15 is 0 Å². The van der Waals surface area contributed by atoms with Crippen LogP contribution in [-0.4, -0.2) is 16.7 Å². The Labute approximate surface area is 113 Å². The van der Waals surface area contributed by atoms with Crippen molar-refractivity contribution in [1.29, 1.82) is 0 Å². The minimum Gasteiger partial charge on any atom is -0.306 e. The number of hydrogen-bond acceptors (Lipinski definition) is 4. The van der Waals surface area contributed by atoms with Crippen molar-refractivity contribution in [2.45, 2.75) is 19.4 Å². The zero-order chi connectivity index (χ0) is 12.1. The number of halogens is 1. The van der Waals surface area contributed by atoms with Crippen molar-refractivity contribution in [2.75, 3.05) is 6.54 Å². The lowest BCUT2D eigenvalue weighted by Gasteiger charge is -2.18. The molecule has 3 nitrogen and oxygen atoms in total. The molecule has 1 unspecified atom stereocenters. The summed E-state index contributed by atoms with van der Waals surface area (Å²) in [6.07, 6.45) is 4.66. The number of nitrogens with zero attached hydrogens (tertiary/aromatic N) is 2. The first-order valence-corrected chi connectivity index (χ1v) is 7.28. The molecule has 0 aliphatic heterocycles. The van der Waals surface area contributed by atoms with Gasteiger partial charge in [0, 0.05) is 16.0 Å². The van der Waals surface area contributed by atoms with Gasteiger partial charge in [0.05, 0.1) is 12.2 Å². The summed E-state index contributed by atoms with van der Waals surface area (Å²) in [6, 6.07) is 2.19. The molecule has 0 aliphatic rings. The Morgan fingerprint density at radius 1 is 1.41 bits per heavy atom. The summed E-state index contributed by atoms with van der Waals surface area (Å²) in [6.45, 7) is 3.15. The van der Waals surface area contributed by atoms with Crippen LogP contribution >= 0.6 is 27.3 Å². The predicted octanol–water partition coefficient (Wildman–Crippen LogP) is 3.39. The molecule has 90 valence electrons. The zero-order valence-electron chi connectivity index (χ0n) is 9.56. The normalized spacial score (nSPS) is 12.6. The maximum absolute atomic E-state index is 3.95. The lowest BCUT2D eigenvalue weighted by molar-refractivity contribution is 0.595. The van der Waals surface area contributed by atoms with Crippen LogP contribution < -0.4 is 5.32 Å². The number of rotatable bonds is 5. The predicted molar refractivity (Wildman–Crippen MR) is 74.2 cm³/mol. The molecule has 0 aliphatic carbocycles. The van der Waals surface area contributed by atoms with Crippen molar-refractivity contribution in [2.24, 2.45) is 0 Å². The molecule has 2 aromatic rings. The highest BCUT2D eigenvalue weighted by Crippen LogP contribution is 2.31. The van der Waals surface area contributed by atoms with Gasteiger partial charge < -0.3 is 5.32 Å². The van der Waals surface area contributed by atoms with E-state index in [2.05, 4.69) is 49.1 Å². The fraction of sp³-hybridized carbons (Fsp3) is 0.333. The topological polar surface area (TPSA) is 37.8 Å². The van der Waals surface area contributed by atoms with Crippen LogP contribution in [0, 0.1) is 0 Å². The molecule has 0 spiro atoms. The van der Waals surface area contributed by atoms with Crippen molar-refractivity contribution in [3.8, 4) is 0 Å². The third kappa shape index (κ3) is 3.12.